The molecule has 0 bridgehead atoms. The molecule has 1 N–H and O–H groups in total. The smallest absolute Gasteiger partial charge is 0.247 e. The molecular formula is C22H17N7O. The quantitative estimate of drug-likeness (QED) is 0.523. The van der Waals surface area contributed by atoms with E-state index >= 15 is 0 Å². The Labute approximate surface area is 172 Å². The number of rotatable bonds is 5. The second-order valence-corrected chi connectivity index (χ2v) is 6.55. The molecule has 0 saturated carbocycles. The molecule has 0 aliphatic rings. The summed E-state index contributed by atoms with van der Waals surface area (Å²) in [6, 6.07) is 7.73. The first-order chi connectivity index (χ1) is 14.6. The first kappa shape index (κ1) is 18.8. The summed E-state index contributed by atoms with van der Waals surface area (Å²) in [6.45, 7) is 3.42. The predicted octanol–water partition coefficient (Wildman–Crippen LogP) is 3.30. The number of anilines is 1. The van der Waals surface area contributed by atoms with Crippen molar-refractivity contribution >= 4 is 29.3 Å². The highest BCUT2D eigenvalue weighted by molar-refractivity contribution is 5.98. The number of aryl methyl sites for hydroxylation is 1. The van der Waals surface area contributed by atoms with Gasteiger partial charge in [-0.15, -0.1) is 0 Å². The van der Waals surface area contributed by atoms with Crippen molar-refractivity contribution in [1.29, 1.82) is 5.26 Å². The van der Waals surface area contributed by atoms with Gasteiger partial charge in [0, 0.05) is 36.1 Å². The van der Waals surface area contributed by atoms with Crippen LogP contribution in [-0.4, -0.2) is 30.3 Å². The summed E-state index contributed by atoms with van der Waals surface area (Å²) in [6.07, 6.45) is 13.6. The Morgan fingerprint density at radius 1 is 1.17 bits per heavy atom. The van der Waals surface area contributed by atoms with E-state index in [1.54, 1.807) is 39.9 Å². The summed E-state index contributed by atoms with van der Waals surface area (Å²) in [7, 11) is 1.86. The van der Waals surface area contributed by atoms with Gasteiger partial charge in [0.2, 0.25) is 5.91 Å². The lowest BCUT2D eigenvalue weighted by atomic mass is 10.1. The van der Waals surface area contributed by atoms with E-state index in [0.717, 1.165) is 22.2 Å². The molecule has 4 rings (SSSR count). The number of pyridine rings is 2. The van der Waals surface area contributed by atoms with Crippen molar-refractivity contribution in [1.82, 2.24) is 24.4 Å². The van der Waals surface area contributed by atoms with Gasteiger partial charge in [0.05, 0.1) is 41.1 Å². The predicted molar refractivity (Wildman–Crippen MR) is 114 cm³/mol. The SMILES string of the molecule is C=CC(=O)Nc1ccc(/C=C/c2cc(-c3cnn(C)c3)cn3ncc(C#N)c23)nc1. The molecule has 0 aromatic carbocycles. The lowest BCUT2D eigenvalue weighted by Crippen LogP contribution is -2.07. The topological polar surface area (TPSA) is 101 Å². The van der Waals surface area contributed by atoms with Crippen LogP contribution in [0.1, 0.15) is 16.8 Å². The normalized spacial score (nSPS) is 10.9. The highest BCUT2D eigenvalue weighted by atomic mass is 16.1. The van der Waals surface area contributed by atoms with Crippen molar-refractivity contribution in [2.24, 2.45) is 7.05 Å². The summed E-state index contributed by atoms with van der Waals surface area (Å²) in [5, 5.41) is 20.6. The fourth-order valence-corrected chi connectivity index (χ4v) is 3.04. The third-order valence-electron chi connectivity index (χ3n) is 4.47. The highest BCUT2D eigenvalue weighted by Crippen LogP contribution is 2.26. The van der Waals surface area contributed by atoms with Gasteiger partial charge in [-0.25, -0.2) is 4.52 Å². The van der Waals surface area contributed by atoms with Crippen molar-refractivity contribution in [2.45, 2.75) is 0 Å². The molecule has 0 spiro atoms. The van der Waals surface area contributed by atoms with Crippen molar-refractivity contribution in [2.75, 3.05) is 5.32 Å². The van der Waals surface area contributed by atoms with Crippen molar-refractivity contribution in [3.8, 4) is 17.2 Å². The second-order valence-electron chi connectivity index (χ2n) is 6.55. The Kier molecular flexibility index (Phi) is 4.93. The number of fused-ring (bicyclic) bond motifs is 1. The summed E-state index contributed by atoms with van der Waals surface area (Å²) in [5.74, 6) is -0.292. The van der Waals surface area contributed by atoms with Crippen molar-refractivity contribution < 1.29 is 4.79 Å². The van der Waals surface area contributed by atoms with Crippen LogP contribution in [0.3, 0.4) is 0 Å². The number of carbonyl (C=O) groups excluding carboxylic acids is 1. The van der Waals surface area contributed by atoms with E-state index in [0.29, 0.717) is 16.9 Å². The molecule has 0 aliphatic carbocycles. The maximum atomic E-state index is 11.4. The Hall–Kier alpha value is -4.51. The minimum atomic E-state index is -0.292. The third kappa shape index (κ3) is 3.72. The van der Waals surface area contributed by atoms with E-state index in [-0.39, 0.29) is 5.91 Å². The van der Waals surface area contributed by atoms with Crippen molar-refractivity contribution in [3.05, 3.63) is 78.7 Å². The number of nitrogens with zero attached hydrogens (tertiary/aromatic N) is 6. The van der Waals surface area contributed by atoms with E-state index in [9.17, 15) is 10.1 Å². The average molecular weight is 395 g/mol. The largest absolute Gasteiger partial charge is 0.321 e. The van der Waals surface area contributed by atoms with E-state index in [1.807, 2.05) is 37.7 Å². The van der Waals surface area contributed by atoms with Crippen LogP contribution in [0.2, 0.25) is 0 Å². The van der Waals surface area contributed by atoms with Crippen LogP contribution < -0.4 is 5.32 Å². The minimum Gasteiger partial charge on any atom is -0.321 e. The zero-order chi connectivity index (χ0) is 21.1. The van der Waals surface area contributed by atoms with E-state index in [1.165, 1.54) is 6.08 Å². The molecule has 146 valence electrons. The molecular weight excluding hydrogens is 378 g/mol. The van der Waals surface area contributed by atoms with Crippen LogP contribution in [0, 0.1) is 11.3 Å². The maximum Gasteiger partial charge on any atom is 0.247 e. The summed E-state index contributed by atoms with van der Waals surface area (Å²) in [4.78, 5) is 15.7. The number of aromatic nitrogens is 5. The zero-order valence-electron chi connectivity index (χ0n) is 16.1. The first-order valence-electron chi connectivity index (χ1n) is 9.05. The number of nitrogens with one attached hydrogen (secondary N) is 1. The van der Waals surface area contributed by atoms with E-state index < -0.39 is 0 Å². The Balaban J connectivity index is 1.72. The second kappa shape index (κ2) is 7.85. The van der Waals surface area contributed by atoms with Crippen LogP contribution in [0.5, 0.6) is 0 Å². The molecule has 4 aromatic heterocycles. The Morgan fingerprint density at radius 2 is 2.03 bits per heavy atom. The molecule has 0 atom stereocenters. The standard InChI is InChI=1S/C22H17N7O/c1-3-21(30)27-20-7-6-19(24-12-20)5-4-15-8-16(18-11-25-28(2)13-18)14-29-22(15)17(9-23)10-26-29/h3-8,10-14H,1H2,2H3,(H,27,30)/b5-4+. The number of hydrogen-bond acceptors (Lipinski definition) is 5. The zero-order valence-corrected chi connectivity index (χ0v) is 16.1. The van der Waals surface area contributed by atoms with Gasteiger partial charge in [0.1, 0.15) is 6.07 Å². The maximum absolute atomic E-state index is 11.4. The minimum absolute atomic E-state index is 0.292. The molecule has 8 heteroatoms. The number of nitriles is 1. The molecule has 4 heterocycles. The fraction of sp³-hybridized carbons (Fsp3) is 0.0455. The Bertz CT molecular complexity index is 1320. The molecule has 0 saturated heterocycles. The third-order valence-corrected chi connectivity index (χ3v) is 4.47. The summed E-state index contributed by atoms with van der Waals surface area (Å²) in [5.41, 5.74) is 5.20. The van der Waals surface area contributed by atoms with Crippen LogP contribution >= 0.6 is 0 Å². The highest BCUT2D eigenvalue weighted by Gasteiger charge is 2.11. The van der Waals surface area contributed by atoms with Crippen LogP contribution in [0.25, 0.3) is 28.8 Å². The van der Waals surface area contributed by atoms with Gasteiger partial charge in [-0.3, -0.25) is 14.5 Å². The lowest BCUT2D eigenvalue weighted by molar-refractivity contribution is -0.111. The van der Waals surface area contributed by atoms with Gasteiger partial charge in [0.15, 0.2) is 0 Å². The first-order valence-corrected chi connectivity index (χ1v) is 9.05. The molecule has 0 aliphatic heterocycles. The van der Waals surface area contributed by atoms with Gasteiger partial charge in [-0.05, 0) is 30.4 Å². The monoisotopic (exact) mass is 395 g/mol. The van der Waals surface area contributed by atoms with E-state index in [2.05, 4.69) is 33.1 Å². The number of hydrogen-bond donors (Lipinski definition) is 1. The van der Waals surface area contributed by atoms with E-state index in [4.69, 9.17) is 0 Å². The lowest BCUT2D eigenvalue weighted by Gasteiger charge is -2.05. The van der Waals surface area contributed by atoms with Gasteiger partial charge >= 0.3 is 0 Å². The molecule has 0 fully saturated rings. The van der Waals surface area contributed by atoms with Gasteiger partial charge in [-0.1, -0.05) is 12.7 Å². The van der Waals surface area contributed by atoms with Crippen LogP contribution in [0.15, 0.2) is 61.8 Å². The average Bonchev–Trinajstić information content (AvgIpc) is 3.38. The summed E-state index contributed by atoms with van der Waals surface area (Å²) < 4.78 is 3.43. The van der Waals surface area contributed by atoms with Crippen LogP contribution in [0.4, 0.5) is 5.69 Å². The van der Waals surface area contributed by atoms with Gasteiger partial charge in [0.25, 0.3) is 0 Å². The summed E-state index contributed by atoms with van der Waals surface area (Å²) >= 11 is 0. The van der Waals surface area contributed by atoms with Crippen molar-refractivity contribution in [3.63, 3.8) is 0 Å². The van der Waals surface area contributed by atoms with Gasteiger partial charge in [-0.2, -0.15) is 15.5 Å². The molecule has 30 heavy (non-hydrogen) atoms. The number of amides is 1. The molecule has 0 radical (unpaired) electrons. The Morgan fingerprint density at radius 3 is 2.70 bits per heavy atom. The number of carbonyl (C=O) groups is 1. The van der Waals surface area contributed by atoms with Gasteiger partial charge < -0.3 is 5.32 Å². The molecule has 1 amide bonds. The molecule has 8 nitrogen and oxygen atoms in total. The fourth-order valence-electron chi connectivity index (χ4n) is 3.04. The molecule has 4 aromatic rings. The van der Waals surface area contributed by atoms with Crippen LogP contribution in [-0.2, 0) is 11.8 Å². The molecule has 0 unspecified atom stereocenters.